The molecule has 4 rings (SSSR count). The lowest BCUT2D eigenvalue weighted by atomic mass is 9.74. The Bertz CT molecular complexity index is 1080. The predicted octanol–water partition coefficient (Wildman–Crippen LogP) is 2.41. The molecule has 1 aromatic carbocycles. The first-order chi connectivity index (χ1) is 13.9. The van der Waals surface area contributed by atoms with Crippen LogP contribution in [0.25, 0.3) is 5.69 Å². The molecule has 1 unspecified atom stereocenters. The maximum Gasteiger partial charge on any atom is 0.272 e. The minimum Gasteiger partial charge on any atom is -0.497 e. The molecule has 1 aliphatic carbocycles. The number of fused-ring (bicyclic) bond motifs is 1. The third kappa shape index (κ3) is 3.78. The van der Waals surface area contributed by atoms with Crippen LogP contribution in [-0.4, -0.2) is 33.0 Å². The molecule has 0 spiro atoms. The average molecular weight is 393 g/mol. The fraction of sp³-hybridized carbons (Fsp3) is 0.333. The van der Waals surface area contributed by atoms with Crippen LogP contribution in [0.1, 0.15) is 48.1 Å². The highest BCUT2D eigenvalue weighted by Gasteiger charge is 2.36. The van der Waals surface area contributed by atoms with Crippen LogP contribution in [0, 0.1) is 5.41 Å². The Labute approximate surface area is 167 Å². The Balaban J connectivity index is 1.66. The minimum absolute atomic E-state index is 0.0202. The molecule has 3 aromatic rings. The third-order valence-electron chi connectivity index (χ3n) is 5.21. The van der Waals surface area contributed by atoms with Crippen LogP contribution in [0.4, 0.5) is 0 Å². The lowest BCUT2D eigenvalue weighted by Gasteiger charge is -2.35. The van der Waals surface area contributed by atoms with E-state index in [4.69, 9.17) is 4.74 Å². The van der Waals surface area contributed by atoms with E-state index in [1.54, 1.807) is 7.11 Å². The van der Waals surface area contributed by atoms with Crippen molar-refractivity contribution in [3.8, 4) is 11.4 Å². The second-order valence-electron chi connectivity index (χ2n) is 8.03. The van der Waals surface area contributed by atoms with Crippen molar-refractivity contribution in [1.29, 1.82) is 0 Å². The molecule has 8 heteroatoms. The zero-order valence-electron chi connectivity index (χ0n) is 16.6. The Hall–Kier alpha value is -3.42. The maximum absolute atomic E-state index is 12.7. The van der Waals surface area contributed by atoms with E-state index in [9.17, 15) is 9.59 Å². The zero-order valence-corrected chi connectivity index (χ0v) is 16.6. The quantitative estimate of drug-likeness (QED) is 0.709. The summed E-state index contributed by atoms with van der Waals surface area (Å²) in [5.74, 6) is 0.459. The van der Waals surface area contributed by atoms with Crippen LogP contribution in [0.3, 0.4) is 0 Å². The Kier molecular flexibility index (Phi) is 4.70. The summed E-state index contributed by atoms with van der Waals surface area (Å²) >= 11 is 0. The van der Waals surface area contributed by atoms with E-state index in [1.807, 2.05) is 35.1 Å². The number of ether oxygens (including phenoxy) is 1. The Morgan fingerprint density at radius 3 is 2.66 bits per heavy atom. The van der Waals surface area contributed by atoms with Gasteiger partial charge < -0.3 is 10.1 Å². The van der Waals surface area contributed by atoms with Crippen LogP contribution < -0.4 is 15.6 Å². The van der Waals surface area contributed by atoms with E-state index in [1.165, 1.54) is 12.1 Å². The zero-order chi connectivity index (χ0) is 20.6. The first-order valence-electron chi connectivity index (χ1n) is 9.44. The van der Waals surface area contributed by atoms with Gasteiger partial charge in [0.25, 0.3) is 11.5 Å². The van der Waals surface area contributed by atoms with E-state index in [0.29, 0.717) is 0 Å². The number of carbonyl (C=O) groups excluding carboxylic acids is 1. The van der Waals surface area contributed by atoms with Gasteiger partial charge in [-0.25, -0.2) is 9.78 Å². The van der Waals surface area contributed by atoms with Crippen molar-refractivity contribution < 1.29 is 9.53 Å². The van der Waals surface area contributed by atoms with Gasteiger partial charge in [0.1, 0.15) is 11.4 Å². The number of aromatic nitrogens is 4. The van der Waals surface area contributed by atoms with Crippen molar-refractivity contribution in [2.45, 2.75) is 32.7 Å². The van der Waals surface area contributed by atoms with Crippen molar-refractivity contribution in [3.05, 3.63) is 69.9 Å². The Morgan fingerprint density at radius 1 is 1.24 bits per heavy atom. The van der Waals surface area contributed by atoms with Crippen molar-refractivity contribution >= 4 is 5.91 Å². The highest BCUT2D eigenvalue weighted by molar-refractivity contribution is 5.92. The molecule has 0 fully saturated rings. The van der Waals surface area contributed by atoms with Gasteiger partial charge in [-0.05, 0) is 48.6 Å². The van der Waals surface area contributed by atoms with Gasteiger partial charge in [0.05, 0.1) is 30.7 Å². The maximum atomic E-state index is 12.7. The first-order valence-corrected chi connectivity index (χ1v) is 9.44. The number of H-pyrrole nitrogens is 1. The largest absolute Gasteiger partial charge is 0.497 e. The molecule has 2 aromatic heterocycles. The number of methoxy groups -OCH3 is 1. The van der Waals surface area contributed by atoms with Crippen LogP contribution in [0.15, 0.2) is 47.4 Å². The summed E-state index contributed by atoms with van der Waals surface area (Å²) in [4.78, 5) is 23.8. The first kappa shape index (κ1) is 18.9. The summed E-state index contributed by atoms with van der Waals surface area (Å²) < 4.78 is 7.16. The molecule has 0 bridgehead atoms. The number of benzene rings is 1. The number of aromatic amines is 1. The fourth-order valence-electron chi connectivity index (χ4n) is 3.82. The number of carbonyl (C=O) groups is 1. The summed E-state index contributed by atoms with van der Waals surface area (Å²) in [6, 6.07) is 10.2. The number of rotatable bonds is 4. The van der Waals surface area contributed by atoms with E-state index < -0.39 is 0 Å². The predicted molar refractivity (Wildman–Crippen MR) is 107 cm³/mol. The normalized spacial score (nSPS) is 17.4. The highest BCUT2D eigenvalue weighted by atomic mass is 16.5. The second-order valence-corrected chi connectivity index (χ2v) is 8.03. The monoisotopic (exact) mass is 393 g/mol. The number of nitrogens with zero attached hydrogens (tertiary/aromatic N) is 3. The lowest BCUT2D eigenvalue weighted by Crippen LogP contribution is -2.37. The second kappa shape index (κ2) is 7.20. The molecule has 1 aliphatic rings. The van der Waals surface area contributed by atoms with Gasteiger partial charge in [0.15, 0.2) is 0 Å². The number of amides is 1. The summed E-state index contributed by atoms with van der Waals surface area (Å²) in [5, 5.41) is 13.8. The van der Waals surface area contributed by atoms with Crippen LogP contribution in [0.2, 0.25) is 0 Å². The molecule has 2 heterocycles. The van der Waals surface area contributed by atoms with E-state index in [-0.39, 0.29) is 28.6 Å². The summed E-state index contributed by atoms with van der Waals surface area (Å²) in [5.41, 5.74) is 2.83. The molecule has 1 amide bonds. The Morgan fingerprint density at radius 2 is 2.00 bits per heavy atom. The lowest BCUT2D eigenvalue weighted by molar-refractivity contribution is 0.0913. The van der Waals surface area contributed by atoms with E-state index in [0.717, 1.165) is 35.5 Å². The van der Waals surface area contributed by atoms with E-state index in [2.05, 4.69) is 34.5 Å². The number of hydrogen-bond acceptors (Lipinski definition) is 5. The van der Waals surface area contributed by atoms with Crippen LogP contribution in [0.5, 0.6) is 5.75 Å². The van der Waals surface area contributed by atoms with Crippen molar-refractivity contribution in [2.24, 2.45) is 5.41 Å². The van der Waals surface area contributed by atoms with Gasteiger partial charge in [-0.3, -0.25) is 9.59 Å². The van der Waals surface area contributed by atoms with Gasteiger partial charge in [-0.15, -0.1) is 0 Å². The van der Waals surface area contributed by atoms with Crippen molar-refractivity contribution in [2.75, 3.05) is 7.11 Å². The number of hydrogen-bond donors (Lipinski definition) is 2. The van der Waals surface area contributed by atoms with Gasteiger partial charge in [-0.2, -0.15) is 10.2 Å². The molecule has 29 heavy (non-hydrogen) atoms. The summed E-state index contributed by atoms with van der Waals surface area (Å²) in [6.45, 7) is 4.36. The fourth-order valence-corrected chi connectivity index (χ4v) is 3.82. The molecule has 0 radical (unpaired) electrons. The molecule has 1 atom stereocenters. The highest BCUT2D eigenvalue weighted by Crippen LogP contribution is 2.41. The van der Waals surface area contributed by atoms with Gasteiger partial charge in [-0.1, -0.05) is 13.8 Å². The molecular weight excluding hydrogens is 370 g/mol. The van der Waals surface area contributed by atoms with Gasteiger partial charge >= 0.3 is 0 Å². The molecule has 0 saturated heterocycles. The molecule has 150 valence electrons. The van der Waals surface area contributed by atoms with Crippen molar-refractivity contribution in [3.63, 3.8) is 0 Å². The molecule has 0 aliphatic heterocycles. The van der Waals surface area contributed by atoms with Gasteiger partial charge in [0.2, 0.25) is 0 Å². The number of nitrogens with one attached hydrogen (secondary N) is 2. The van der Waals surface area contributed by atoms with Crippen molar-refractivity contribution in [1.82, 2.24) is 25.3 Å². The molecule has 2 N–H and O–H groups in total. The van der Waals surface area contributed by atoms with Crippen LogP contribution >= 0.6 is 0 Å². The standard InChI is InChI=1S/C21H23N5O3/c1-21(2)10-17(23-20(28)16-8-9-19(27)25-24-16)15-12-22-26(18(15)11-21)13-4-6-14(29-3)7-5-13/h4-9,12,17H,10-11H2,1-3H3,(H,23,28)(H,25,27). The summed E-state index contributed by atoms with van der Waals surface area (Å²) in [6.07, 6.45) is 3.45. The minimum atomic E-state index is -0.344. The van der Waals surface area contributed by atoms with E-state index >= 15 is 0 Å². The SMILES string of the molecule is COc1ccc(-n2ncc3c2CC(C)(C)CC3NC(=O)c2ccc(=O)[nH]n2)cc1. The summed E-state index contributed by atoms with van der Waals surface area (Å²) in [7, 11) is 1.64. The molecule has 8 nitrogen and oxygen atoms in total. The van der Waals surface area contributed by atoms with Crippen LogP contribution in [-0.2, 0) is 6.42 Å². The topological polar surface area (TPSA) is 102 Å². The average Bonchev–Trinajstić information content (AvgIpc) is 3.11. The van der Waals surface area contributed by atoms with Gasteiger partial charge in [0, 0.05) is 11.6 Å². The molecular formula is C21H23N5O3. The smallest absolute Gasteiger partial charge is 0.272 e. The molecule has 0 saturated carbocycles. The third-order valence-corrected chi connectivity index (χ3v) is 5.21.